The third-order valence-corrected chi connectivity index (χ3v) is 3.57. The smallest absolute Gasteiger partial charge is 0.267 e. The van der Waals surface area contributed by atoms with Gasteiger partial charge in [0.25, 0.3) is 5.91 Å². The highest BCUT2D eigenvalue weighted by Gasteiger charge is 2.07. The minimum Gasteiger partial charge on any atom is -0.267 e. The first kappa shape index (κ1) is 15.5. The molecule has 2 aromatic rings. The molecule has 0 aliphatic rings. The van der Waals surface area contributed by atoms with Crippen molar-refractivity contribution in [3.05, 3.63) is 69.7 Å². The normalized spacial score (nSPS) is 11.3. The summed E-state index contributed by atoms with van der Waals surface area (Å²) in [5.41, 5.74) is 4.89. The molecule has 0 aromatic heterocycles. The monoisotopic (exact) mass is 320 g/mol. The molecule has 0 fully saturated rings. The zero-order valence-electron chi connectivity index (χ0n) is 11.4. The lowest BCUT2D eigenvalue weighted by molar-refractivity contribution is 0.0954. The maximum Gasteiger partial charge on any atom is 0.271 e. The number of carbonyl (C=O) groups is 1. The van der Waals surface area contributed by atoms with Gasteiger partial charge in [0.1, 0.15) is 0 Å². The second-order valence-corrected chi connectivity index (χ2v) is 5.39. The Balaban J connectivity index is 1.99. The van der Waals surface area contributed by atoms with Gasteiger partial charge in [-0.05, 0) is 30.7 Å². The molecule has 5 heteroatoms. The maximum absolute atomic E-state index is 11.9. The zero-order valence-corrected chi connectivity index (χ0v) is 12.9. The standard InChI is InChI=1S/C16H14Cl2N2O/c1-11(9-12-5-3-2-4-6-12)19-20-16(21)13-7-8-14(17)15(18)10-13/h2-8,10H,9H2,1H3,(H,20,21)/b19-11+. The number of rotatable bonds is 4. The second-order valence-electron chi connectivity index (χ2n) is 4.58. The SMILES string of the molecule is C/C(Cc1ccccc1)=N\NC(=O)c1ccc(Cl)c(Cl)c1. The van der Waals surface area contributed by atoms with Crippen molar-refractivity contribution in [3.8, 4) is 0 Å². The number of nitrogens with one attached hydrogen (secondary N) is 1. The number of halogens is 2. The van der Waals surface area contributed by atoms with Crippen LogP contribution in [0.5, 0.6) is 0 Å². The Hall–Kier alpha value is -1.84. The van der Waals surface area contributed by atoms with E-state index in [1.165, 1.54) is 6.07 Å². The van der Waals surface area contributed by atoms with Crippen LogP contribution in [-0.2, 0) is 6.42 Å². The fourth-order valence-corrected chi connectivity index (χ4v) is 2.08. The van der Waals surface area contributed by atoms with Crippen LogP contribution >= 0.6 is 23.2 Å². The van der Waals surface area contributed by atoms with Crippen LogP contribution in [0.1, 0.15) is 22.8 Å². The molecule has 0 saturated carbocycles. The van der Waals surface area contributed by atoms with E-state index in [0.717, 1.165) is 11.3 Å². The molecule has 1 amide bonds. The van der Waals surface area contributed by atoms with Gasteiger partial charge in [-0.1, -0.05) is 53.5 Å². The van der Waals surface area contributed by atoms with E-state index in [-0.39, 0.29) is 5.91 Å². The Morgan fingerprint density at radius 2 is 1.81 bits per heavy atom. The van der Waals surface area contributed by atoms with Crippen LogP contribution in [0, 0.1) is 0 Å². The lowest BCUT2D eigenvalue weighted by Gasteiger charge is -2.04. The maximum atomic E-state index is 11.9. The minimum atomic E-state index is -0.319. The van der Waals surface area contributed by atoms with Crippen molar-refractivity contribution in [1.29, 1.82) is 0 Å². The molecular weight excluding hydrogens is 307 g/mol. The Morgan fingerprint density at radius 3 is 2.48 bits per heavy atom. The number of hydrogen-bond acceptors (Lipinski definition) is 2. The zero-order chi connectivity index (χ0) is 15.2. The molecule has 2 aromatic carbocycles. The lowest BCUT2D eigenvalue weighted by Crippen LogP contribution is -2.19. The van der Waals surface area contributed by atoms with Crippen molar-refractivity contribution in [2.24, 2.45) is 5.10 Å². The summed E-state index contributed by atoms with van der Waals surface area (Å²) >= 11 is 11.7. The van der Waals surface area contributed by atoms with E-state index < -0.39 is 0 Å². The Bertz CT molecular complexity index is 669. The van der Waals surface area contributed by atoms with Crippen molar-refractivity contribution in [1.82, 2.24) is 5.43 Å². The van der Waals surface area contributed by atoms with Crippen LogP contribution in [0.3, 0.4) is 0 Å². The second kappa shape index (κ2) is 7.25. The summed E-state index contributed by atoms with van der Waals surface area (Å²) < 4.78 is 0. The van der Waals surface area contributed by atoms with Crippen LogP contribution in [0.15, 0.2) is 53.6 Å². The molecule has 2 rings (SSSR count). The highest BCUT2D eigenvalue weighted by Crippen LogP contribution is 2.22. The van der Waals surface area contributed by atoms with Gasteiger partial charge < -0.3 is 0 Å². The molecule has 3 nitrogen and oxygen atoms in total. The number of amides is 1. The van der Waals surface area contributed by atoms with Crippen molar-refractivity contribution in [2.45, 2.75) is 13.3 Å². The van der Waals surface area contributed by atoms with Gasteiger partial charge >= 0.3 is 0 Å². The van der Waals surface area contributed by atoms with Crippen LogP contribution in [0.2, 0.25) is 10.0 Å². The van der Waals surface area contributed by atoms with E-state index in [9.17, 15) is 4.79 Å². The summed E-state index contributed by atoms with van der Waals surface area (Å²) in [6.07, 6.45) is 0.683. The third kappa shape index (κ3) is 4.59. The van der Waals surface area contributed by atoms with Gasteiger partial charge in [-0.3, -0.25) is 4.79 Å². The molecule has 0 spiro atoms. The van der Waals surface area contributed by atoms with Crippen molar-refractivity contribution in [3.63, 3.8) is 0 Å². The molecule has 108 valence electrons. The topological polar surface area (TPSA) is 41.5 Å². The highest BCUT2D eigenvalue weighted by molar-refractivity contribution is 6.42. The van der Waals surface area contributed by atoms with Gasteiger partial charge in [0.2, 0.25) is 0 Å². The molecule has 0 atom stereocenters. The predicted octanol–water partition coefficient (Wildman–Crippen LogP) is 4.34. The van der Waals surface area contributed by atoms with Gasteiger partial charge in [0.15, 0.2) is 0 Å². The highest BCUT2D eigenvalue weighted by atomic mass is 35.5. The third-order valence-electron chi connectivity index (χ3n) is 2.83. The summed E-state index contributed by atoms with van der Waals surface area (Å²) in [4.78, 5) is 11.9. The molecule has 0 bridgehead atoms. The van der Waals surface area contributed by atoms with E-state index in [2.05, 4.69) is 10.5 Å². The molecule has 0 saturated heterocycles. The van der Waals surface area contributed by atoms with Crippen LogP contribution in [-0.4, -0.2) is 11.6 Å². The average molecular weight is 321 g/mol. The fourth-order valence-electron chi connectivity index (χ4n) is 1.78. The first-order valence-electron chi connectivity index (χ1n) is 6.39. The van der Waals surface area contributed by atoms with Gasteiger partial charge in [-0.2, -0.15) is 5.10 Å². The van der Waals surface area contributed by atoms with E-state index in [0.29, 0.717) is 22.0 Å². The molecule has 0 unspecified atom stereocenters. The fraction of sp³-hybridized carbons (Fsp3) is 0.125. The summed E-state index contributed by atoms with van der Waals surface area (Å²) in [6.45, 7) is 1.86. The number of carbonyl (C=O) groups excluding carboxylic acids is 1. The average Bonchev–Trinajstić information content (AvgIpc) is 2.48. The molecule has 1 N–H and O–H groups in total. The van der Waals surface area contributed by atoms with Crippen molar-refractivity contribution in [2.75, 3.05) is 0 Å². The molecule has 21 heavy (non-hydrogen) atoms. The lowest BCUT2D eigenvalue weighted by atomic mass is 10.1. The van der Waals surface area contributed by atoms with E-state index in [1.54, 1.807) is 12.1 Å². The molecule has 0 radical (unpaired) electrons. The molecule has 0 heterocycles. The van der Waals surface area contributed by atoms with E-state index in [1.807, 2.05) is 37.3 Å². The minimum absolute atomic E-state index is 0.319. The number of nitrogens with zero attached hydrogens (tertiary/aromatic N) is 1. The van der Waals surface area contributed by atoms with Crippen molar-refractivity contribution < 1.29 is 4.79 Å². The van der Waals surface area contributed by atoms with Crippen LogP contribution < -0.4 is 5.43 Å². The Morgan fingerprint density at radius 1 is 1.10 bits per heavy atom. The quantitative estimate of drug-likeness (QED) is 0.660. The largest absolute Gasteiger partial charge is 0.271 e. The van der Waals surface area contributed by atoms with Crippen LogP contribution in [0.25, 0.3) is 0 Å². The van der Waals surface area contributed by atoms with Gasteiger partial charge in [-0.15, -0.1) is 0 Å². The summed E-state index contributed by atoms with van der Waals surface area (Å²) in [6, 6.07) is 14.6. The first-order chi connectivity index (χ1) is 10.1. The summed E-state index contributed by atoms with van der Waals surface area (Å²) in [7, 11) is 0. The van der Waals surface area contributed by atoms with Gasteiger partial charge in [0, 0.05) is 17.7 Å². The van der Waals surface area contributed by atoms with Gasteiger partial charge in [-0.25, -0.2) is 5.43 Å². The molecule has 0 aliphatic heterocycles. The molecular formula is C16H14Cl2N2O. The Kier molecular flexibility index (Phi) is 5.37. The predicted molar refractivity (Wildman–Crippen MR) is 87.2 cm³/mol. The van der Waals surface area contributed by atoms with Crippen molar-refractivity contribution >= 4 is 34.8 Å². The summed E-state index contributed by atoms with van der Waals surface area (Å²) in [5, 5.41) is 4.84. The Labute approximate surface area is 133 Å². The van der Waals surface area contributed by atoms with E-state index in [4.69, 9.17) is 23.2 Å². The summed E-state index contributed by atoms with van der Waals surface area (Å²) in [5.74, 6) is -0.319. The number of hydrazone groups is 1. The number of benzene rings is 2. The first-order valence-corrected chi connectivity index (χ1v) is 7.14. The van der Waals surface area contributed by atoms with E-state index >= 15 is 0 Å². The number of hydrogen-bond donors (Lipinski definition) is 1. The molecule has 0 aliphatic carbocycles. The van der Waals surface area contributed by atoms with Gasteiger partial charge in [0.05, 0.1) is 10.0 Å². The van der Waals surface area contributed by atoms with Crippen LogP contribution in [0.4, 0.5) is 0 Å².